The van der Waals surface area contributed by atoms with Gasteiger partial charge in [-0.25, -0.2) is 0 Å². The highest BCUT2D eigenvalue weighted by atomic mass is 35.5. The monoisotopic (exact) mass is 241 g/mol. The van der Waals surface area contributed by atoms with Crippen LogP contribution in [0.3, 0.4) is 0 Å². The third-order valence-electron chi connectivity index (χ3n) is 3.64. The highest BCUT2D eigenvalue weighted by Crippen LogP contribution is 2.31. The van der Waals surface area contributed by atoms with E-state index in [0.29, 0.717) is 17.4 Å². The maximum atomic E-state index is 11.9. The van der Waals surface area contributed by atoms with E-state index in [1.165, 1.54) is 12.7 Å². The zero-order chi connectivity index (χ0) is 11.7. The summed E-state index contributed by atoms with van der Waals surface area (Å²) in [5.74, 6) is 1.06. The molecule has 1 fully saturated rings. The van der Waals surface area contributed by atoms with Gasteiger partial charge in [-0.3, -0.25) is 4.79 Å². The van der Waals surface area contributed by atoms with E-state index in [-0.39, 0.29) is 17.2 Å². The molecule has 1 aromatic heterocycles. The summed E-state index contributed by atoms with van der Waals surface area (Å²) in [6.45, 7) is 4.40. The Balaban J connectivity index is 2.01. The van der Waals surface area contributed by atoms with E-state index in [4.69, 9.17) is 16.0 Å². The summed E-state index contributed by atoms with van der Waals surface area (Å²) in [7, 11) is 0. The molecule has 0 aliphatic heterocycles. The summed E-state index contributed by atoms with van der Waals surface area (Å²) < 4.78 is 4.90. The second-order valence-electron chi connectivity index (χ2n) is 4.60. The Labute approximate surface area is 100 Å². The predicted molar refractivity (Wildman–Crippen MR) is 62.5 cm³/mol. The maximum absolute atomic E-state index is 11.9. The molecule has 16 heavy (non-hydrogen) atoms. The molecule has 4 heteroatoms. The van der Waals surface area contributed by atoms with Crippen LogP contribution in [0.1, 0.15) is 37.0 Å². The molecule has 2 rings (SSSR count). The fourth-order valence-corrected chi connectivity index (χ4v) is 2.47. The number of carbonyl (C=O) groups excluding carboxylic acids is 1. The van der Waals surface area contributed by atoms with Gasteiger partial charge in [0.15, 0.2) is 0 Å². The molecule has 1 saturated carbocycles. The smallest absolute Gasteiger partial charge is 0.256 e. The average molecular weight is 242 g/mol. The summed E-state index contributed by atoms with van der Waals surface area (Å²) in [6.07, 6.45) is 3.65. The largest absolute Gasteiger partial charge is 0.452 e. The lowest BCUT2D eigenvalue weighted by Gasteiger charge is -2.19. The van der Waals surface area contributed by atoms with Gasteiger partial charge in [0.25, 0.3) is 5.91 Å². The number of amides is 1. The molecule has 1 heterocycles. The summed E-state index contributed by atoms with van der Waals surface area (Å²) in [4.78, 5) is 11.9. The molecular formula is C12H16ClNO2. The van der Waals surface area contributed by atoms with Crippen LogP contribution in [0.2, 0.25) is 5.22 Å². The number of halogens is 1. The van der Waals surface area contributed by atoms with Gasteiger partial charge in [0.1, 0.15) is 0 Å². The topological polar surface area (TPSA) is 42.2 Å². The molecule has 88 valence electrons. The molecule has 1 aliphatic carbocycles. The summed E-state index contributed by atoms with van der Waals surface area (Å²) in [5, 5.41) is 3.18. The fourth-order valence-electron chi connectivity index (χ4n) is 2.27. The van der Waals surface area contributed by atoms with Gasteiger partial charge < -0.3 is 9.73 Å². The van der Waals surface area contributed by atoms with E-state index < -0.39 is 0 Å². The number of carbonyl (C=O) groups is 1. The van der Waals surface area contributed by atoms with E-state index in [1.54, 1.807) is 6.07 Å². The first kappa shape index (κ1) is 11.5. The molecule has 1 aliphatic rings. The molecule has 3 unspecified atom stereocenters. The summed E-state index contributed by atoms with van der Waals surface area (Å²) in [6, 6.07) is 1.86. The van der Waals surface area contributed by atoms with Crippen LogP contribution >= 0.6 is 11.6 Å². The van der Waals surface area contributed by atoms with Gasteiger partial charge in [0.2, 0.25) is 5.22 Å². The molecule has 0 radical (unpaired) electrons. The van der Waals surface area contributed by atoms with Crippen molar-refractivity contribution in [3.8, 4) is 0 Å². The average Bonchev–Trinajstić information content (AvgIpc) is 2.79. The van der Waals surface area contributed by atoms with Crippen molar-refractivity contribution in [2.24, 2.45) is 11.8 Å². The van der Waals surface area contributed by atoms with Crippen molar-refractivity contribution >= 4 is 17.5 Å². The lowest BCUT2D eigenvalue weighted by Crippen LogP contribution is -2.37. The van der Waals surface area contributed by atoms with Crippen LogP contribution in [-0.4, -0.2) is 11.9 Å². The Morgan fingerprint density at radius 2 is 2.25 bits per heavy atom. The van der Waals surface area contributed by atoms with Gasteiger partial charge in [-0.15, -0.1) is 0 Å². The minimum atomic E-state index is -0.135. The van der Waals surface area contributed by atoms with Crippen LogP contribution in [-0.2, 0) is 0 Å². The normalized spacial score (nSPS) is 29.3. The molecule has 0 aromatic carbocycles. The highest BCUT2D eigenvalue weighted by Gasteiger charge is 2.31. The Kier molecular flexibility index (Phi) is 3.24. The van der Waals surface area contributed by atoms with Crippen molar-refractivity contribution < 1.29 is 9.21 Å². The number of furan rings is 1. The molecular weight excluding hydrogens is 226 g/mol. The quantitative estimate of drug-likeness (QED) is 0.865. The number of rotatable bonds is 2. The Morgan fingerprint density at radius 1 is 1.50 bits per heavy atom. The fraction of sp³-hybridized carbons (Fsp3) is 0.583. The maximum Gasteiger partial charge on any atom is 0.256 e. The first-order valence-electron chi connectivity index (χ1n) is 5.63. The van der Waals surface area contributed by atoms with E-state index in [0.717, 1.165) is 6.42 Å². The van der Waals surface area contributed by atoms with Gasteiger partial charge >= 0.3 is 0 Å². The minimum absolute atomic E-state index is 0.135. The lowest BCUT2D eigenvalue weighted by atomic mass is 9.98. The van der Waals surface area contributed by atoms with Gasteiger partial charge in [-0.1, -0.05) is 13.8 Å². The predicted octanol–water partition coefficient (Wildman–Crippen LogP) is 3.10. The van der Waals surface area contributed by atoms with E-state index >= 15 is 0 Å². The highest BCUT2D eigenvalue weighted by molar-refractivity contribution is 6.32. The standard InChI is InChI=1S/C12H16ClNO2/c1-7-3-4-10(8(7)2)14-12(15)9-5-6-16-11(9)13/h5-8,10H,3-4H2,1-2H3,(H,14,15). The van der Waals surface area contributed by atoms with Crippen molar-refractivity contribution in [3.63, 3.8) is 0 Å². The van der Waals surface area contributed by atoms with Crippen LogP contribution in [0.5, 0.6) is 0 Å². The zero-order valence-corrected chi connectivity index (χ0v) is 10.3. The number of nitrogens with one attached hydrogen (secondary N) is 1. The van der Waals surface area contributed by atoms with Gasteiger partial charge in [0.05, 0.1) is 11.8 Å². The SMILES string of the molecule is CC1CCC(NC(=O)c2ccoc2Cl)C1C. The van der Waals surface area contributed by atoms with E-state index in [2.05, 4.69) is 19.2 Å². The van der Waals surface area contributed by atoms with Crippen molar-refractivity contribution in [1.29, 1.82) is 0 Å². The van der Waals surface area contributed by atoms with E-state index in [1.807, 2.05) is 0 Å². The van der Waals surface area contributed by atoms with Crippen molar-refractivity contribution in [3.05, 3.63) is 23.1 Å². The van der Waals surface area contributed by atoms with Crippen LogP contribution in [0.25, 0.3) is 0 Å². The molecule has 1 N–H and O–H groups in total. The van der Waals surface area contributed by atoms with Gasteiger partial charge in [-0.2, -0.15) is 0 Å². The first-order valence-corrected chi connectivity index (χ1v) is 6.01. The Morgan fingerprint density at radius 3 is 2.75 bits per heavy atom. The molecule has 3 atom stereocenters. The Bertz CT molecular complexity index is 388. The third-order valence-corrected chi connectivity index (χ3v) is 3.94. The molecule has 3 nitrogen and oxygen atoms in total. The number of hydrogen-bond donors (Lipinski definition) is 1. The van der Waals surface area contributed by atoms with Crippen LogP contribution in [0.15, 0.2) is 16.7 Å². The molecule has 0 saturated heterocycles. The summed E-state index contributed by atoms with van der Waals surface area (Å²) >= 11 is 5.76. The first-order chi connectivity index (χ1) is 7.59. The second kappa shape index (κ2) is 4.50. The minimum Gasteiger partial charge on any atom is -0.452 e. The van der Waals surface area contributed by atoms with Gasteiger partial charge in [-0.05, 0) is 42.3 Å². The van der Waals surface area contributed by atoms with Crippen molar-refractivity contribution in [1.82, 2.24) is 5.32 Å². The van der Waals surface area contributed by atoms with Crippen LogP contribution in [0, 0.1) is 11.8 Å². The zero-order valence-electron chi connectivity index (χ0n) is 9.50. The molecule has 0 bridgehead atoms. The Hall–Kier alpha value is -0.960. The molecule has 1 amide bonds. The third kappa shape index (κ3) is 2.09. The number of hydrogen-bond acceptors (Lipinski definition) is 2. The van der Waals surface area contributed by atoms with Crippen molar-refractivity contribution in [2.45, 2.75) is 32.7 Å². The van der Waals surface area contributed by atoms with Crippen LogP contribution in [0.4, 0.5) is 0 Å². The molecule has 0 spiro atoms. The molecule has 1 aromatic rings. The van der Waals surface area contributed by atoms with Crippen molar-refractivity contribution in [2.75, 3.05) is 0 Å². The van der Waals surface area contributed by atoms with Gasteiger partial charge in [0, 0.05) is 6.04 Å². The summed E-state index contributed by atoms with van der Waals surface area (Å²) in [5.41, 5.74) is 0.424. The van der Waals surface area contributed by atoms with E-state index in [9.17, 15) is 4.79 Å². The van der Waals surface area contributed by atoms with Crippen LogP contribution < -0.4 is 5.32 Å². The lowest BCUT2D eigenvalue weighted by molar-refractivity contribution is 0.0927. The second-order valence-corrected chi connectivity index (χ2v) is 4.94.